The van der Waals surface area contributed by atoms with Gasteiger partial charge in [0.25, 0.3) is 0 Å². The highest BCUT2D eigenvalue weighted by Gasteiger charge is 2.42. The van der Waals surface area contributed by atoms with E-state index in [1.165, 1.54) is 38.1 Å². The van der Waals surface area contributed by atoms with Crippen LogP contribution in [0.25, 0.3) is 0 Å². The average molecular weight is 624 g/mol. The second-order valence-corrected chi connectivity index (χ2v) is 11.7. The Morgan fingerprint density at radius 2 is 1.25 bits per heavy atom. The van der Waals surface area contributed by atoms with Crippen LogP contribution in [0.1, 0.15) is 43.6 Å². The van der Waals surface area contributed by atoms with Crippen LogP contribution in [0.5, 0.6) is 11.5 Å². The van der Waals surface area contributed by atoms with Crippen LogP contribution in [0.3, 0.4) is 0 Å². The number of benzene rings is 3. The fourth-order valence-electron chi connectivity index (χ4n) is 3.83. The third-order valence-corrected chi connectivity index (χ3v) is 8.16. The molecule has 3 aromatic rings. The first-order valence-corrected chi connectivity index (χ1v) is 15.1. The molecule has 0 aliphatic carbocycles. The zero-order valence-corrected chi connectivity index (χ0v) is 25.0. The van der Waals surface area contributed by atoms with Gasteiger partial charge in [-0.05, 0) is 43.7 Å². The van der Waals surface area contributed by atoms with Gasteiger partial charge < -0.3 is 35.8 Å². The molecule has 0 aliphatic heterocycles. The monoisotopic (exact) mass is 623 g/mol. The molecule has 3 rings (SSSR count). The smallest absolute Gasteiger partial charge is 0.457 e. The van der Waals surface area contributed by atoms with Crippen LogP contribution in [0.2, 0.25) is 0 Å². The number of carbonyl (C=O) groups excluding carboxylic acids is 3. The molecule has 3 amide bonds. The van der Waals surface area contributed by atoms with E-state index in [0.717, 1.165) is 0 Å². The Kier molecular flexibility index (Phi) is 11.6. The van der Waals surface area contributed by atoms with E-state index < -0.39 is 55.6 Å². The molecule has 0 radical (unpaired) electrons. The van der Waals surface area contributed by atoms with Gasteiger partial charge in [-0.15, -0.1) is 0 Å². The number of carbonyl (C=O) groups is 4. The molecule has 1 unspecified atom stereocenters. The van der Waals surface area contributed by atoms with E-state index in [1.807, 2.05) is 0 Å². The van der Waals surface area contributed by atoms with E-state index in [9.17, 15) is 23.7 Å². The highest BCUT2D eigenvalue weighted by molar-refractivity contribution is 7.55. The maximum Gasteiger partial charge on any atom is 0.457 e. The van der Waals surface area contributed by atoms with Gasteiger partial charge >= 0.3 is 13.6 Å². The summed E-state index contributed by atoms with van der Waals surface area (Å²) >= 11 is 0. The molecule has 232 valence electrons. The normalized spacial score (nSPS) is 13.0. The number of amidine groups is 1. The second kappa shape index (κ2) is 15.4. The summed E-state index contributed by atoms with van der Waals surface area (Å²) in [6.07, 6.45) is -0.713. The van der Waals surface area contributed by atoms with Crippen molar-refractivity contribution in [3.63, 3.8) is 0 Å². The number of nitrogens with one attached hydrogen (secondary N) is 4. The molecule has 0 aliphatic rings. The molecule has 0 saturated carbocycles. The topological polar surface area (TPSA) is 210 Å². The molecule has 13 nitrogen and oxygen atoms in total. The Hall–Kier alpha value is -5.16. The van der Waals surface area contributed by atoms with Crippen LogP contribution in [-0.4, -0.2) is 46.7 Å². The lowest BCUT2D eigenvalue weighted by molar-refractivity contribution is -0.139. The molecule has 44 heavy (non-hydrogen) atoms. The maximum atomic E-state index is 14.7. The van der Waals surface area contributed by atoms with Crippen molar-refractivity contribution in [2.45, 2.75) is 44.6 Å². The van der Waals surface area contributed by atoms with E-state index in [-0.39, 0.29) is 23.8 Å². The highest BCUT2D eigenvalue weighted by atomic mass is 31.2. The Bertz CT molecular complexity index is 1470. The van der Waals surface area contributed by atoms with Crippen LogP contribution in [0.15, 0.2) is 84.9 Å². The molecule has 0 heterocycles. The predicted octanol–water partition coefficient (Wildman–Crippen LogP) is 3.31. The van der Waals surface area contributed by atoms with Gasteiger partial charge in [-0.25, -0.2) is 4.57 Å². The number of carboxylic acids is 1. The summed E-state index contributed by atoms with van der Waals surface area (Å²) in [5, 5.41) is 24.0. The minimum atomic E-state index is -4.35. The molecular formula is C30H34N5O8P. The minimum absolute atomic E-state index is 0.193. The number of rotatable bonds is 15. The van der Waals surface area contributed by atoms with Gasteiger partial charge in [0.1, 0.15) is 29.4 Å². The Labute approximate surface area is 254 Å². The zero-order chi connectivity index (χ0) is 32.3. The summed E-state index contributed by atoms with van der Waals surface area (Å²) in [6, 6.07) is 20.3. The standard InChI is InChI=1S/C30H34N5O8P/c1-19(33-25(36)17-18-26(37)38)28(39)34-20(2)29(40)35-30(22-15-13-21(14-16-22)27(31)32)44(41,42-23-9-5-3-6-10-23)43-24-11-7-4-8-12-24/h3-16,19-20,30H,17-18H2,1-2H3,(H3,31,32)(H,33,36)(H,34,39)(H,35,40)(H,37,38)/t19-,20+,30?/m1/s1. The molecule has 0 aromatic heterocycles. The molecular weight excluding hydrogens is 589 g/mol. The van der Waals surface area contributed by atoms with Crippen LogP contribution in [0, 0.1) is 5.41 Å². The summed E-state index contributed by atoms with van der Waals surface area (Å²) < 4.78 is 26.6. The van der Waals surface area contributed by atoms with Gasteiger partial charge in [0, 0.05) is 12.0 Å². The average Bonchev–Trinajstić information content (AvgIpc) is 2.99. The Morgan fingerprint density at radius 3 is 1.73 bits per heavy atom. The quantitative estimate of drug-likeness (QED) is 0.0832. The van der Waals surface area contributed by atoms with Gasteiger partial charge in [-0.3, -0.25) is 24.6 Å². The van der Waals surface area contributed by atoms with Crippen molar-refractivity contribution in [3.05, 3.63) is 96.1 Å². The Morgan fingerprint density at radius 1 is 0.773 bits per heavy atom. The van der Waals surface area contributed by atoms with Crippen molar-refractivity contribution in [1.82, 2.24) is 16.0 Å². The number of hydrogen-bond acceptors (Lipinski definition) is 8. The molecule has 0 fully saturated rings. The number of carboxylic acid groups (broad SMARTS) is 1. The van der Waals surface area contributed by atoms with Gasteiger partial charge in [0.2, 0.25) is 17.7 Å². The van der Waals surface area contributed by atoms with E-state index in [4.69, 9.17) is 25.3 Å². The first-order valence-electron chi connectivity index (χ1n) is 13.5. The third kappa shape index (κ3) is 9.70. The number of aliphatic carboxylic acids is 1. The number of amides is 3. The first kappa shape index (κ1) is 33.3. The van der Waals surface area contributed by atoms with Gasteiger partial charge in [-0.1, -0.05) is 60.7 Å². The first-order chi connectivity index (χ1) is 20.9. The highest BCUT2D eigenvalue weighted by Crippen LogP contribution is 2.59. The van der Waals surface area contributed by atoms with Gasteiger partial charge in [0.15, 0.2) is 5.78 Å². The van der Waals surface area contributed by atoms with Crippen molar-refractivity contribution in [2.75, 3.05) is 0 Å². The van der Waals surface area contributed by atoms with E-state index in [1.54, 1.807) is 60.7 Å². The van der Waals surface area contributed by atoms with E-state index in [0.29, 0.717) is 11.1 Å². The Balaban J connectivity index is 1.90. The summed E-state index contributed by atoms with van der Waals surface area (Å²) in [5.74, 6) is -4.43. The van der Waals surface area contributed by atoms with E-state index >= 15 is 0 Å². The lowest BCUT2D eigenvalue weighted by atomic mass is 10.1. The van der Waals surface area contributed by atoms with Crippen molar-refractivity contribution in [2.24, 2.45) is 5.73 Å². The molecule has 3 aromatic carbocycles. The van der Waals surface area contributed by atoms with Crippen LogP contribution in [-0.2, 0) is 23.7 Å². The molecule has 0 bridgehead atoms. The lowest BCUT2D eigenvalue weighted by Gasteiger charge is -2.29. The SMILES string of the molecule is C[C@H](NC(=O)[C@@H](C)NC(=O)CCC(=O)O)C(=O)NC(c1ccc(C(=N)N)cc1)P(=O)(Oc1ccccc1)Oc1ccccc1. The van der Waals surface area contributed by atoms with Crippen molar-refractivity contribution in [1.29, 1.82) is 5.41 Å². The van der Waals surface area contributed by atoms with Crippen molar-refractivity contribution in [3.8, 4) is 11.5 Å². The summed E-state index contributed by atoms with van der Waals surface area (Å²) in [7, 11) is -4.35. The molecule has 3 atom stereocenters. The van der Waals surface area contributed by atoms with Gasteiger partial charge in [-0.2, -0.15) is 0 Å². The predicted molar refractivity (Wildman–Crippen MR) is 162 cm³/mol. The van der Waals surface area contributed by atoms with Crippen LogP contribution >= 0.6 is 7.60 Å². The summed E-state index contributed by atoms with van der Waals surface area (Å²) in [6.45, 7) is 2.77. The zero-order valence-electron chi connectivity index (χ0n) is 24.1. The molecule has 0 spiro atoms. The summed E-state index contributed by atoms with van der Waals surface area (Å²) in [4.78, 5) is 48.8. The van der Waals surface area contributed by atoms with E-state index in [2.05, 4.69) is 16.0 Å². The maximum absolute atomic E-state index is 14.7. The second-order valence-electron chi connectivity index (χ2n) is 9.71. The largest absolute Gasteiger partial charge is 0.481 e. The molecule has 14 heteroatoms. The fourth-order valence-corrected chi connectivity index (χ4v) is 5.74. The lowest BCUT2D eigenvalue weighted by Crippen LogP contribution is -2.52. The number of hydrogen-bond donors (Lipinski definition) is 6. The van der Waals surface area contributed by atoms with Crippen molar-refractivity contribution >= 4 is 37.1 Å². The number of nitrogen functional groups attached to an aromatic ring is 1. The fraction of sp³-hybridized carbons (Fsp3) is 0.233. The molecule has 7 N–H and O–H groups in total. The number of nitrogens with two attached hydrogens (primary N) is 1. The number of para-hydroxylation sites is 2. The van der Waals surface area contributed by atoms with Crippen LogP contribution < -0.4 is 30.7 Å². The third-order valence-electron chi connectivity index (χ3n) is 6.17. The van der Waals surface area contributed by atoms with Crippen molar-refractivity contribution < 1.29 is 37.9 Å². The van der Waals surface area contributed by atoms with Gasteiger partial charge in [0.05, 0.1) is 6.42 Å². The molecule has 0 saturated heterocycles. The summed E-state index contributed by atoms with van der Waals surface area (Å²) in [5.41, 5.74) is 6.29. The van der Waals surface area contributed by atoms with Crippen LogP contribution in [0.4, 0.5) is 0 Å². The minimum Gasteiger partial charge on any atom is -0.481 e.